The molecule has 0 aliphatic carbocycles. The number of carbonyl (C=O) groups is 2. The number of hydrogen-bond donors (Lipinski definition) is 3. The number of rotatable bonds is 5. The normalized spacial score (nSPS) is 15.3. The Morgan fingerprint density at radius 3 is 2.62 bits per heavy atom. The maximum Gasteiger partial charge on any atom is 0.317 e. The zero-order chi connectivity index (χ0) is 19.4. The molecule has 2 amide bonds. The Hall–Kier alpha value is -2.28. The third-order valence-electron chi connectivity index (χ3n) is 4.46. The summed E-state index contributed by atoms with van der Waals surface area (Å²) < 4.78 is 0. The monoisotopic (exact) mass is 365 g/mol. The van der Waals surface area contributed by atoms with Gasteiger partial charge in [-0.2, -0.15) is 0 Å². The maximum atomic E-state index is 12.3. The Kier molecular flexibility index (Phi) is 10.2. The summed E-state index contributed by atoms with van der Waals surface area (Å²) in [5.41, 5.74) is 2.55. The Morgan fingerprint density at radius 2 is 1.96 bits per heavy atom. The van der Waals surface area contributed by atoms with Gasteiger partial charge in [0, 0.05) is 45.0 Å². The fourth-order valence-corrected chi connectivity index (χ4v) is 2.91. The highest BCUT2D eigenvalue weighted by Gasteiger charge is 2.19. The van der Waals surface area contributed by atoms with E-state index in [4.69, 9.17) is 15.0 Å². The number of carbonyl (C=O) groups excluding carboxylic acids is 1. The fraction of sp³-hybridized carbons (Fsp3) is 0.579. The largest absolute Gasteiger partial charge is 0.483 e. The molecule has 1 unspecified atom stereocenters. The van der Waals surface area contributed by atoms with E-state index in [-0.39, 0.29) is 25.0 Å². The molecule has 1 aromatic rings. The molecular formula is C19H31N3O4. The van der Waals surface area contributed by atoms with Gasteiger partial charge < -0.3 is 25.3 Å². The maximum absolute atomic E-state index is 12.3. The van der Waals surface area contributed by atoms with Crippen LogP contribution in [-0.2, 0) is 4.79 Å². The minimum absolute atomic E-state index is 0.0155. The summed E-state index contributed by atoms with van der Waals surface area (Å²) in [6, 6.07) is 8.43. The topological polar surface area (TPSA) is 93.1 Å². The van der Waals surface area contributed by atoms with Gasteiger partial charge in [0.2, 0.25) is 0 Å². The number of urea groups is 1. The van der Waals surface area contributed by atoms with Crippen LogP contribution in [0.3, 0.4) is 0 Å². The van der Waals surface area contributed by atoms with Crippen LogP contribution in [0.15, 0.2) is 24.3 Å². The van der Waals surface area contributed by atoms with Crippen molar-refractivity contribution in [3.8, 4) is 0 Å². The molecule has 7 heteroatoms. The van der Waals surface area contributed by atoms with Crippen molar-refractivity contribution in [2.45, 2.75) is 26.7 Å². The molecule has 0 radical (unpaired) electrons. The van der Waals surface area contributed by atoms with Crippen LogP contribution in [0.2, 0.25) is 0 Å². The van der Waals surface area contributed by atoms with Gasteiger partial charge in [-0.1, -0.05) is 25.1 Å². The number of anilines is 1. The van der Waals surface area contributed by atoms with E-state index in [1.807, 2.05) is 11.8 Å². The number of nitrogens with zero attached hydrogens (tertiary/aromatic N) is 2. The molecule has 1 saturated heterocycles. The van der Waals surface area contributed by atoms with E-state index in [0.29, 0.717) is 6.54 Å². The lowest BCUT2D eigenvalue weighted by Crippen LogP contribution is -2.42. The van der Waals surface area contributed by atoms with Crippen LogP contribution in [0, 0.1) is 12.8 Å². The fourth-order valence-electron chi connectivity index (χ4n) is 2.91. The molecule has 1 fully saturated rings. The number of aryl methyl sites for hydroxylation is 1. The van der Waals surface area contributed by atoms with Gasteiger partial charge >= 0.3 is 6.03 Å². The molecule has 7 nitrogen and oxygen atoms in total. The quantitative estimate of drug-likeness (QED) is 0.694. The van der Waals surface area contributed by atoms with Gasteiger partial charge in [0.05, 0.1) is 0 Å². The predicted molar refractivity (Wildman–Crippen MR) is 103 cm³/mol. The van der Waals surface area contributed by atoms with Crippen molar-refractivity contribution in [3.05, 3.63) is 29.8 Å². The third-order valence-corrected chi connectivity index (χ3v) is 4.46. The Balaban J connectivity index is 0.00000105. The molecule has 1 atom stereocenters. The molecule has 1 aliphatic rings. The Morgan fingerprint density at radius 1 is 1.27 bits per heavy atom. The molecule has 1 aliphatic heterocycles. The molecule has 0 saturated carbocycles. The molecule has 2 rings (SSSR count). The van der Waals surface area contributed by atoms with E-state index in [1.165, 1.54) is 11.3 Å². The molecule has 146 valence electrons. The number of nitrogens with one attached hydrogen (secondary N) is 1. The number of benzene rings is 1. The highest BCUT2D eigenvalue weighted by molar-refractivity contribution is 5.74. The zero-order valence-electron chi connectivity index (χ0n) is 15.7. The lowest BCUT2D eigenvalue weighted by molar-refractivity contribution is -0.122. The van der Waals surface area contributed by atoms with Crippen LogP contribution in [0.4, 0.5) is 10.5 Å². The first-order chi connectivity index (χ1) is 12.5. The standard InChI is InChI=1S/C18H29N3O2.CH2O2/c1-15(14-22)8-9-19-18(23)21-11-5-10-20(12-13-21)17-7-4-3-6-16(17)2;2-1-3/h3-4,6-7,15,22H,5,8-14H2,1-2H3,(H,19,23);1H,(H,2,3). The molecule has 0 bridgehead atoms. The van der Waals surface area contributed by atoms with Crippen molar-refractivity contribution in [3.63, 3.8) is 0 Å². The highest BCUT2D eigenvalue weighted by Crippen LogP contribution is 2.20. The second-order valence-corrected chi connectivity index (χ2v) is 6.53. The van der Waals surface area contributed by atoms with Crippen LogP contribution < -0.4 is 10.2 Å². The second kappa shape index (κ2) is 12.1. The smallest absolute Gasteiger partial charge is 0.317 e. The lowest BCUT2D eigenvalue weighted by atomic mass is 10.1. The van der Waals surface area contributed by atoms with Crippen molar-refractivity contribution in [1.29, 1.82) is 0 Å². The van der Waals surface area contributed by atoms with Crippen molar-refractivity contribution in [2.75, 3.05) is 44.2 Å². The van der Waals surface area contributed by atoms with Crippen molar-refractivity contribution in [2.24, 2.45) is 5.92 Å². The van der Waals surface area contributed by atoms with Crippen molar-refractivity contribution < 1.29 is 19.8 Å². The molecule has 0 aromatic heterocycles. The third kappa shape index (κ3) is 7.31. The summed E-state index contributed by atoms with van der Waals surface area (Å²) >= 11 is 0. The molecule has 26 heavy (non-hydrogen) atoms. The van der Waals surface area contributed by atoms with Crippen LogP contribution in [0.1, 0.15) is 25.3 Å². The number of amides is 2. The van der Waals surface area contributed by atoms with Gasteiger partial charge in [0.15, 0.2) is 0 Å². The number of para-hydroxylation sites is 1. The minimum Gasteiger partial charge on any atom is -0.483 e. The number of aliphatic hydroxyl groups is 1. The summed E-state index contributed by atoms with van der Waals surface area (Å²) in [6.07, 6.45) is 1.79. The van der Waals surface area contributed by atoms with Crippen LogP contribution in [0.25, 0.3) is 0 Å². The molecule has 1 heterocycles. The van der Waals surface area contributed by atoms with E-state index in [0.717, 1.165) is 39.0 Å². The van der Waals surface area contributed by atoms with Crippen LogP contribution in [-0.4, -0.2) is 66.9 Å². The molecular weight excluding hydrogens is 334 g/mol. The number of hydrogen-bond acceptors (Lipinski definition) is 4. The van der Waals surface area contributed by atoms with E-state index in [2.05, 4.69) is 41.4 Å². The summed E-state index contributed by atoms with van der Waals surface area (Å²) in [6.45, 7) is 8.05. The van der Waals surface area contributed by atoms with Gasteiger partial charge in [-0.3, -0.25) is 4.79 Å². The summed E-state index contributed by atoms with van der Waals surface area (Å²) in [7, 11) is 0. The number of aliphatic hydroxyl groups excluding tert-OH is 1. The van der Waals surface area contributed by atoms with Gasteiger partial charge in [0.1, 0.15) is 0 Å². The highest BCUT2D eigenvalue weighted by atomic mass is 16.3. The number of carboxylic acid groups (broad SMARTS) is 1. The Labute approximate surface area is 155 Å². The summed E-state index contributed by atoms with van der Waals surface area (Å²) in [5, 5.41) is 18.9. The second-order valence-electron chi connectivity index (χ2n) is 6.53. The minimum atomic E-state index is -0.250. The van der Waals surface area contributed by atoms with Crippen LogP contribution >= 0.6 is 0 Å². The van der Waals surface area contributed by atoms with Crippen molar-refractivity contribution >= 4 is 18.2 Å². The molecule has 0 spiro atoms. The summed E-state index contributed by atoms with van der Waals surface area (Å²) in [4.78, 5) is 24.9. The lowest BCUT2D eigenvalue weighted by Gasteiger charge is -2.25. The molecule has 1 aromatic carbocycles. The summed E-state index contributed by atoms with van der Waals surface area (Å²) in [5.74, 6) is 0.232. The molecule has 3 N–H and O–H groups in total. The van der Waals surface area contributed by atoms with Gasteiger partial charge in [-0.05, 0) is 37.3 Å². The van der Waals surface area contributed by atoms with E-state index in [1.54, 1.807) is 0 Å². The predicted octanol–water partition coefficient (Wildman–Crippen LogP) is 1.94. The average molecular weight is 365 g/mol. The van der Waals surface area contributed by atoms with Gasteiger partial charge in [0.25, 0.3) is 6.47 Å². The first kappa shape index (κ1) is 21.8. The van der Waals surface area contributed by atoms with Crippen LogP contribution in [0.5, 0.6) is 0 Å². The van der Waals surface area contributed by atoms with Gasteiger partial charge in [-0.15, -0.1) is 0 Å². The Bertz CT molecular complexity index is 553. The zero-order valence-corrected chi connectivity index (χ0v) is 15.7. The van der Waals surface area contributed by atoms with E-state index in [9.17, 15) is 4.79 Å². The first-order valence-corrected chi connectivity index (χ1v) is 9.05. The van der Waals surface area contributed by atoms with E-state index >= 15 is 0 Å². The SMILES string of the molecule is Cc1ccccc1N1CCCN(C(=O)NCCC(C)CO)CC1.O=CO. The first-order valence-electron chi connectivity index (χ1n) is 9.05. The van der Waals surface area contributed by atoms with Crippen molar-refractivity contribution in [1.82, 2.24) is 10.2 Å². The van der Waals surface area contributed by atoms with Gasteiger partial charge in [-0.25, -0.2) is 4.79 Å². The van der Waals surface area contributed by atoms with E-state index < -0.39 is 0 Å². The average Bonchev–Trinajstić information content (AvgIpc) is 2.88.